The van der Waals surface area contributed by atoms with Gasteiger partial charge in [-0.2, -0.15) is 0 Å². The normalized spacial score (nSPS) is 11.9. The minimum absolute atomic E-state index is 0.487. The van der Waals surface area contributed by atoms with Gasteiger partial charge in [0.05, 0.1) is 0 Å². The van der Waals surface area contributed by atoms with Crippen LogP contribution in [0.4, 0.5) is 0 Å². The van der Waals surface area contributed by atoms with Crippen molar-refractivity contribution < 1.29 is 0 Å². The average molecular weight is 235 g/mol. The molecule has 1 atom stereocenters. The lowest BCUT2D eigenvalue weighted by Gasteiger charge is -2.17. The van der Waals surface area contributed by atoms with Crippen molar-refractivity contribution in [2.24, 2.45) is 0 Å². The fourth-order valence-corrected chi connectivity index (χ4v) is 2.97. The van der Waals surface area contributed by atoms with Gasteiger partial charge in [-0.15, -0.1) is 23.2 Å². The number of nitrogens with one attached hydrogen (secondary N) is 1. The molecule has 88 valence electrons. The first-order valence-electron chi connectivity index (χ1n) is 6.02. The Hall–Kier alpha value is -0.780. The van der Waals surface area contributed by atoms with Crippen molar-refractivity contribution in [2.75, 3.05) is 6.54 Å². The van der Waals surface area contributed by atoms with E-state index in [1.807, 2.05) is 18.3 Å². The molecule has 0 radical (unpaired) electrons. The van der Waals surface area contributed by atoms with E-state index in [4.69, 9.17) is 0 Å². The van der Waals surface area contributed by atoms with Crippen LogP contribution in [0, 0.1) is 11.8 Å². The summed E-state index contributed by atoms with van der Waals surface area (Å²) in [6, 6.07) is 2.73. The fraction of sp³-hybridized carbons (Fsp3) is 0.571. The highest BCUT2D eigenvalue weighted by atomic mass is 32.1. The maximum absolute atomic E-state index is 3.56. The molecule has 1 aromatic rings. The zero-order chi connectivity index (χ0) is 11.8. The topological polar surface area (TPSA) is 12.0 Å². The van der Waals surface area contributed by atoms with Gasteiger partial charge >= 0.3 is 0 Å². The standard InChI is InChI=1S/C14H21NS/c1-4-7-8-9-13(15-6-3)14-12(5-2)10-11-16-14/h10-11,13,15H,5-6,8-9H2,1-3H3. The Kier molecular flexibility index (Phi) is 6.22. The van der Waals surface area contributed by atoms with E-state index >= 15 is 0 Å². The molecule has 0 aliphatic heterocycles. The van der Waals surface area contributed by atoms with Gasteiger partial charge in [0.2, 0.25) is 0 Å². The number of hydrogen-bond acceptors (Lipinski definition) is 2. The molecule has 1 nitrogen and oxygen atoms in total. The predicted molar refractivity (Wildman–Crippen MR) is 72.8 cm³/mol. The monoisotopic (exact) mass is 235 g/mol. The van der Waals surface area contributed by atoms with Gasteiger partial charge in [-0.25, -0.2) is 0 Å². The molecule has 0 saturated carbocycles. The molecule has 0 saturated heterocycles. The van der Waals surface area contributed by atoms with Gasteiger partial charge in [0.1, 0.15) is 0 Å². The Morgan fingerprint density at radius 2 is 2.25 bits per heavy atom. The second-order valence-corrected chi connectivity index (χ2v) is 4.69. The molecule has 0 aliphatic carbocycles. The highest BCUT2D eigenvalue weighted by Crippen LogP contribution is 2.28. The first-order valence-corrected chi connectivity index (χ1v) is 6.90. The summed E-state index contributed by atoms with van der Waals surface area (Å²) in [5.74, 6) is 6.12. The van der Waals surface area contributed by atoms with Gasteiger partial charge in [-0.3, -0.25) is 0 Å². The lowest BCUT2D eigenvalue weighted by Crippen LogP contribution is -2.20. The Labute approximate surface area is 103 Å². The van der Waals surface area contributed by atoms with E-state index < -0.39 is 0 Å². The fourth-order valence-electron chi connectivity index (χ4n) is 1.86. The molecule has 1 N–H and O–H groups in total. The minimum atomic E-state index is 0.487. The second kappa shape index (κ2) is 7.49. The number of thiophene rings is 1. The van der Waals surface area contributed by atoms with Gasteiger partial charge in [0.25, 0.3) is 0 Å². The third-order valence-electron chi connectivity index (χ3n) is 2.66. The van der Waals surface area contributed by atoms with Crippen molar-refractivity contribution in [3.05, 3.63) is 21.9 Å². The smallest absolute Gasteiger partial charge is 0.0426 e. The molecule has 0 aliphatic rings. The van der Waals surface area contributed by atoms with Crippen LogP contribution in [-0.4, -0.2) is 6.54 Å². The molecule has 2 heteroatoms. The predicted octanol–water partition coefficient (Wildman–Crippen LogP) is 3.76. The minimum Gasteiger partial charge on any atom is -0.309 e. The zero-order valence-corrected chi connectivity index (χ0v) is 11.3. The molecule has 1 aromatic heterocycles. The Bertz CT molecular complexity index is 356. The van der Waals surface area contributed by atoms with E-state index in [0.717, 1.165) is 25.8 Å². The summed E-state index contributed by atoms with van der Waals surface area (Å²) in [6.45, 7) is 7.31. The van der Waals surface area contributed by atoms with Gasteiger partial charge < -0.3 is 5.32 Å². The van der Waals surface area contributed by atoms with Crippen molar-refractivity contribution in [3.8, 4) is 11.8 Å². The van der Waals surface area contributed by atoms with E-state index in [9.17, 15) is 0 Å². The summed E-state index contributed by atoms with van der Waals surface area (Å²) in [7, 11) is 0. The highest BCUT2D eigenvalue weighted by Gasteiger charge is 2.14. The van der Waals surface area contributed by atoms with Gasteiger partial charge in [0, 0.05) is 17.3 Å². The van der Waals surface area contributed by atoms with Crippen LogP contribution in [-0.2, 0) is 6.42 Å². The SMILES string of the molecule is CC#CCCC(NCC)c1sccc1CC. The largest absolute Gasteiger partial charge is 0.309 e. The molecule has 1 rings (SSSR count). The van der Waals surface area contributed by atoms with E-state index in [2.05, 4.69) is 42.5 Å². The average Bonchev–Trinajstić information content (AvgIpc) is 2.76. The number of rotatable bonds is 6. The summed E-state index contributed by atoms with van der Waals surface area (Å²) in [6.07, 6.45) is 3.22. The lowest BCUT2D eigenvalue weighted by atomic mass is 10.0. The van der Waals surface area contributed by atoms with E-state index in [-0.39, 0.29) is 0 Å². The van der Waals surface area contributed by atoms with Gasteiger partial charge in [-0.05, 0) is 43.3 Å². The molecule has 0 bridgehead atoms. The van der Waals surface area contributed by atoms with Crippen LogP contribution in [0.25, 0.3) is 0 Å². The first-order chi connectivity index (χ1) is 7.83. The van der Waals surface area contributed by atoms with Crippen LogP contribution in [0.1, 0.15) is 50.1 Å². The molecular weight excluding hydrogens is 214 g/mol. The van der Waals surface area contributed by atoms with Crippen molar-refractivity contribution in [3.63, 3.8) is 0 Å². The third-order valence-corrected chi connectivity index (χ3v) is 3.74. The van der Waals surface area contributed by atoms with Crippen LogP contribution < -0.4 is 5.32 Å². The Morgan fingerprint density at radius 3 is 2.88 bits per heavy atom. The number of hydrogen-bond donors (Lipinski definition) is 1. The Balaban J connectivity index is 2.70. The molecule has 16 heavy (non-hydrogen) atoms. The first kappa shape index (κ1) is 13.3. The van der Waals surface area contributed by atoms with E-state index in [0.29, 0.717) is 6.04 Å². The van der Waals surface area contributed by atoms with Gasteiger partial charge in [0.15, 0.2) is 0 Å². The quantitative estimate of drug-likeness (QED) is 0.740. The molecular formula is C14H21NS. The molecule has 1 unspecified atom stereocenters. The van der Waals surface area contributed by atoms with Crippen molar-refractivity contribution in [1.82, 2.24) is 5.32 Å². The summed E-state index contributed by atoms with van der Waals surface area (Å²) in [4.78, 5) is 1.50. The van der Waals surface area contributed by atoms with Crippen molar-refractivity contribution in [2.45, 2.75) is 46.1 Å². The van der Waals surface area contributed by atoms with Crippen LogP contribution in [0.3, 0.4) is 0 Å². The van der Waals surface area contributed by atoms with Crippen molar-refractivity contribution in [1.29, 1.82) is 0 Å². The Morgan fingerprint density at radius 1 is 1.44 bits per heavy atom. The van der Waals surface area contributed by atoms with Crippen molar-refractivity contribution >= 4 is 11.3 Å². The third kappa shape index (κ3) is 3.66. The summed E-state index contributed by atoms with van der Waals surface area (Å²) >= 11 is 1.87. The molecule has 0 spiro atoms. The summed E-state index contributed by atoms with van der Waals surface area (Å²) in [5, 5.41) is 5.76. The van der Waals surface area contributed by atoms with E-state index in [1.165, 1.54) is 10.4 Å². The summed E-state index contributed by atoms with van der Waals surface area (Å²) < 4.78 is 0. The maximum Gasteiger partial charge on any atom is 0.0426 e. The second-order valence-electron chi connectivity index (χ2n) is 3.74. The molecule has 0 aromatic carbocycles. The molecule has 1 heterocycles. The van der Waals surface area contributed by atoms with E-state index in [1.54, 1.807) is 0 Å². The van der Waals surface area contributed by atoms with Gasteiger partial charge in [-0.1, -0.05) is 13.8 Å². The van der Waals surface area contributed by atoms with Crippen LogP contribution in [0.5, 0.6) is 0 Å². The maximum atomic E-state index is 3.56. The lowest BCUT2D eigenvalue weighted by molar-refractivity contribution is 0.527. The molecule has 0 amide bonds. The van der Waals surface area contributed by atoms with Crippen LogP contribution >= 0.6 is 11.3 Å². The van der Waals surface area contributed by atoms with Crippen LogP contribution in [0.15, 0.2) is 11.4 Å². The highest BCUT2D eigenvalue weighted by molar-refractivity contribution is 7.10. The van der Waals surface area contributed by atoms with Crippen LogP contribution in [0.2, 0.25) is 0 Å². The number of aryl methyl sites for hydroxylation is 1. The zero-order valence-electron chi connectivity index (χ0n) is 10.5. The summed E-state index contributed by atoms with van der Waals surface area (Å²) in [5.41, 5.74) is 1.49. The molecule has 0 fully saturated rings.